The van der Waals surface area contributed by atoms with Crippen LogP contribution >= 0.6 is 11.6 Å². The smallest absolute Gasteiger partial charge is 0.256 e. The Labute approximate surface area is 190 Å². The first-order valence-electron chi connectivity index (χ1n) is 9.87. The van der Waals surface area contributed by atoms with Gasteiger partial charge in [-0.1, -0.05) is 41.9 Å². The summed E-state index contributed by atoms with van der Waals surface area (Å²) in [6.45, 7) is 1.42. The van der Waals surface area contributed by atoms with E-state index in [4.69, 9.17) is 21.3 Å². The van der Waals surface area contributed by atoms with Crippen LogP contribution in [0.5, 0.6) is 5.75 Å². The van der Waals surface area contributed by atoms with Crippen molar-refractivity contribution in [2.24, 2.45) is 0 Å². The van der Waals surface area contributed by atoms with Crippen molar-refractivity contribution in [1.82, 2.24) is 4.98 Å². The van der Waals surface area contributed by atoms with Crippen molar-refractivity contribution < 1.29 is 14.3 Å². The van der Waals surface area contributed by atoms with Gasteiger partial charge >= 0.3 is 0 Å². The predicted molar refractivity (Wildman–Crippen MR) is 127 cm³/mol. The molecule has 4 aromatic rings. The molecular weight excluding hydrogens is 426 g/mol. The van der Waals surface area contributed by atoms with Crippen LogP contribution in [0.2, 0.25) is 5.02 Å². The maximum absolute atomic E-state index is 13.4. The third-order valence-corrected chi connectivity index (χ3v) is 5.12. The quantitative estimate of drug-likeness (QED) is 0.408. The highest BCUT2D eigenvalue weighted by Gasteiger charge is 2.16. The van der Waals surface area contributed by atoms with Gasteiger partial charge in [0, 0.05) is 28.6 Å². The normalized spacial score (nSPS) is 10.6. The number of amides is 2. The van der Waals surface area contributed by atoms with Crippen LogP contribution in [-0.4, -0.2) is 23.9 Å². The lowest BCUT2D eigenvalue weighted by Gasteiger charge is -2.14. The van der Waals surface area contributed by atoms with Crippen LogP contribution in [0.15, 0.2) is 72.8 Å². The molecule has 0 radical (unpaired) electrons. The Bertz CT molecular complexity index is 1320. The monoisotopic (exact) mass is 445 g/mol. The van der Waals surface area contributed by atoms with E-state index in [1.165, 1.54) is 14.0 Å². The van der Waals surface area contributed by atoms with E-state index in [-0.39, 0.29) is 11.8 Å². The molecule has 0 bridgehead atoms. The zero-order chi connectivity index (χ0) is 22.7. The minimum absolute atomic E-state index is 0.208. The molecule has 6 nitrogen and oxygen atoms in total. The molecule has 0 saturated heterocycles. The molecular formula is C25H20ClN3O3. The van der Waals surface area contributed by atoms with Gasteiger partial charge in [0.1, 0.15) is 5.75 Å². The molecule has 1 aromatic heterocycles. The highest BCUT2D eigenvalue weighted by atomic mass is 35.5. The third-order valence-electron chi connectivity index (χ3n) is 4.87. The van der Waals surface area contributed by atoms with E-state index >= 15 is 0 Å². The minimum atomic E-state index is -0.322. The van der Waals surface area contributed by atoms with Crippen molar-refractivity contribution in [2.75, 3.05) is 17.7 Å². The molecule has 3 aromatic carbocycles. The van der Waals surface area contributed by atoms with Crippen molar-refractivity contribution >= 4 is 45.7 Å². The van der Waals surface area contributed by atoms with Crippen LogP contribution in [0.3, 0.4) is 0 Å². The molecule has 0 aliphatic heterocycles. The molecule has 0 atom stereocenters. The first-order valence-corrected chi connectivity index (χ1v) is 10.2. The Morgan fingerprint density at radius 1 is 0.938 bits per heavy atom. The molecule has 2 N–H and O–H groups in total. The average molecular weight is 446 g/mol. The van der Waals surface area contributed by atoms with Crippen molar-refractivity contribution in [2.45, 2.75) is 6.92 Å². The van der Waals surface area contributed by atoms with Crippen LogP contribution in [0.4, 0.5) is 11.4 Å². The Kier molecular flexibility index (Phi) is 6.05. The zero-order valence-electron chi connectivity index (χ0n) is 17.5. The average Bonchev–Trinajstić information content (AvgIpc) is 2.78. The second kappa shape index (κ2) is 9.08. The molecule has 0 saturated carbocycles. The summed E-state index contributed by atoms with van der Waals surface area (Å²) in [5.74, 6) is -0.0546. The second-order valence-electron chi connectivity index (χ2n) is 7.13. The number of carbonyl (C=O) groups is 2. The highest BCUT2D eigenvalue weighted by Crippen LogP contribution is 2.30. The first kappa shape index (κ1) is 21.3. The van der Waals surface area contributed by atoms with Crippen molar-refractivity contribution in [3.05, 3.63) is 83.4 Å². The second-order valence-corrected chi connectivity index (χ2v) is 7.57. The molecule has 0 fully saturated rings. The van der Waals surface area contributed by atoms with Crippen molar-refractivity contribution in [3.63, 3.8) is 0 Å². The Hall–Kier alpha value is -3.90. The number of para-hydroxylation sites is 1. The Morgan fingerprint density at radius 2 is 1.69 bits per heavy atom. The van der Waals surface area contributed by atoms with Gasteiger partial charge in [-0.15, -0.1) is 0 Å². The summed E-state index contributed by atoms with van der Waals surface area (Å²) in [4.78, 5) is 29.5. The topological polar surface area (TPSA) is 80.3 Å². The van der Waals surface area contributed by atoms with Gasteiger partial charge in [0.05, 0.1) is 29.6 Å². The minimum Gasteiger partial charge on any atom is -0.495 e. The lowest BCUT2D eigenvalue weighted by Crippen LogP contribution is -2.14. The van der Waals surface area contributed by atoms with Crippen LogP contribution in [0.1, 0.15) is 17.3 Å². The molecule has 7 heteroatoms. The number of hydrogen-bond acceptors (Lipinski definition) is 4. The third kappa shape index (κ3) is 4.55. The number of methoxy groups -OCH3 is 1. The number of nitrogens with one attached hydrogen (secondary N) is 2. The van der Waals surface area contributed by atoms with E-state index in [2.05, 4.69) is 10.6 Å². The van der Waals surface area contributed by atoms with E-state index < -0.39 is 0 Å². The van der Waals surface area contributed by atoms with Crippen molar-refractivity contribution in [1.29, 1.82) is 0 Å². The number of anilines is 2. The molecule has 32 heavy (non-hydrogen) atoms. The lowest BCUT2D eigenvalue weighted by molar-refractivity contribution is -0.114. The Balaban J connectivity index is 1.77. The van der Waals surface area contributed by atoms with E-state index in [0.29, 0.717) is 38.9 Å². The molecule has 4 rings (SSSR count). The molecule has 160 valence electrons. The van der Waals surface area contributed by atoms with Gasteiger partial charge in [-0.05, 0) is 42.5 Å². The summed E-state index contributed by atoms with van der Waals surface area (Å²) in [5, 5.41) is 6.96. The number of nitrogens with zero attached hydrogens (tertiary/aromatic N) is 1. The molecule has 2 amide bonds. The molecule has 0 unspecified atom stereocenters. The lowest BCUT2D eigenvalue weighted by atomic mass is 10.0. The number of ether oxygens (including phenoxy) is 1. The highest BCUT2D eigenvalue weighted by molar-refractivity contribution is 6.30. The molecule has 1 heterocycles. The zero-order valence-corrected chi connectivity index (χ0v) is 18.2. The fourth-order valence-electron chi connectivity index (χ4n) is 3.41. The van der Waals surface area contributed by atoms with Gasteiger partial charge in [0.15, 0.2) is 0 Å². The standard InChI is InChI=1S/C25H20ClN3O3/c1-15(30)27-18-11-12-24(32-2)23(13-18)29-25(31)20-14-22(16-7-9-17(26)10-8-16)28-21-6-4-3-5-19(20)21/h3-14H,1-2H3,(H,27,30)(H,29,31). The number of carbonyl (C=O) groups excluding carboxylic acids is 2. The van der Waals surface area contributed by atoms with Gasteiger partial charge in [-0.25, -0.2) is 4.98 Å². The van der Waals surface area contributed by atoms with Crippen molar-refractivity contribution in [3.8, 4) is 17.0 Å². The predicted octanol–water partition coefficient (Wildman–Crippen LogP) is 5.77. The van der Waals surface area contributed by atoms with E-state index in [0.717, 1.165) is 10.9 Å². The van der Waals surface area contributed by atoms with Crippen LogP contribution in [-0.2, 0) is 4.79 Å². The van der Waals surface area contributed by atoms with E-state index in [1.807, 2.05) is 36.4 Å². The summed E-state index contributed by atoms with van der Waals surface area (Å²) in [6.07, 6.45) is 0. The summed E-state index contributed by atoms with van der Waals surface area (Å²) >= 11 is 6.02. The number of benzene rings is 3. The largest absolute Gasteiger partial charge is 0.495 e. The fourth-order valence-corrected chi connectivity index (χ4v) is 3.53. The van der Waals surface area contributed by atoms with Gasteiger partial charge in [-0.2, -0.15) is 0 Å². The number of rotatable bonds is 5. The number of hydrogen-bond donors (Lipinski definition) is 2. The fraction of sp³-hybridized carbons (Fsp3) is 0.0800. The van der Waals surface area contributed by atoms with Crippen LogP contribution in [0, 0.1) is 0 Å². The summed E-state index contributed by atoms with van der Waals surface area (Å²) in [5.41, 5.74) is 3.66. The van der Waals surface area contributed by atoms with Gasteiger partial charge in [0.25, 0.3) is 5.91 Å². The molecule has 0 spiro atoms. The van der Waals surface area contributed by atoms with Gasteiger partial charge in [-0.3, -0.25) is 9.59 Å². The number of aromatic nitrogens is 1. The maximum atomic E-state index is 13.4. The van der Waals surface area contributed by atoms with Gasteiger partial charge in [0.2, 0.25) is 5.91 Å². The molecule has 0 aliphatic rings. The van der Waals surface area contributed by atoms with Crippen LogP contribution in [0.25, 0.3) is 22.2 Å². The number of pyridine rings is 1. The molecule has 0 aliphatic carbocycles. The number of fused-ring (bicyclic) bond motifs is 1. The van der Waals surface area contributed by atoms with Crippen LogP contribution < -0.4 is 15.4 Å². The summed E-state index contributed by atoms with van der Waals surface area (Å²) < 4.78 is 5.38. The summed E-state index contributed by atoms with van der Waals surface area (Å²) in [7, 11) is 1.52. The Morgan fingerprint density at radius 3 is 2.41 bits per heavy atom. The number of halogens is 1. The summed E-state index contributed by atoms with van der Waals surface area (Å²) in [6, 6.07) is 21.5. The van der Waals surface area contributed by atoms with E-state index in [1.54, 1.807) is 36.4 Å². The first-order chi connectivity index (χ1) is 15.4. The maximum Gasteiger partial charge on any atom is 0.256 e. The van der Waals surface area contributed by atoms with Gasteiger partial charge < -0.3 is 15.4 Å². The SMILES string of the molecule is COc1ccc(NC(C)=O)cc1NC(=O)c1cc(-c2ccc(Cl)cc2)nc2ccccc12. The van der Waals surface area contributed by atoms with E-state index in [9.17, 15) is 9.59 Å².